The lowest BCUT2D eigenvalue weighted by Crippen LogP contribution is -2.42. The number of benzene rings is 1. The van der Waals surface area contributed by atoms with Crippen LogP contribution in [0.4, 0.5) is 27.8 Å². The van der Waals surface area contributed by atoms with Crippen molar-refractivity contribution in [2.24, 2.45) is 5.41 Å². The number of alkyl halides is 3. The van der Waals surface area contributed by atoms with Crippen LogP contribution < -0.4 is 5.32 Å². The zero-order chi connectivity index (χ0) is 29.6. The fourth-order valence-electron chi connectivity index (χ4n) is 3.99. The average molecular weight is 584 g/mol. The molecule has 3 aromatic heterocycles. The number of pyridine rings is 1. The molecular formula is C26H26F5N5O3S. The molecule has 0 aliphatic rings. The van der Waals surface area contributed by atoms with Crippen molar-refractivity contribution in [1.82, 2.24) is 18.9 Å². The molecule has 2 N–H and O–H groups in total. The smallest absolute Gasteiger partial charge is 0.384 e. The molecule has 0 amide bonds. The van der Waals surface area contributed by atoms with E-state index in [0.29, 0.717) is 0 Å². The standard InChI is InChI=1S/C26H26F5N5O3S/c1-14-5-7-16(8-6-14)40(38,39)36-13-18(17-9-15(27)11-33-24(17)36)22-32-12-19(28)23(35-22)34-20(25(2,3)4)10-21(37)26(29,30)31/h5-9,11-13,20-21,37H,10H2,1-4H3,(H,32,34,35)/t20-,21?/m1/s1. The number of hydrogen-bond donors (Lipinski definition) is 2. The quantitative estimate of drug-likeness (QED) is 0.278. The fraction of sp³-hybridized carbons (Fsp3) is 0.346. The Bertz CT molecular complexity index is 1650. The molecule has 4 aromatic rings. The number of nitrogens with one attached hydrogen (secondary N) is 1. The summed E-state index contributed by atoms with van der Waals surface area (Å²) in [5, 5.41) is 12.3. The lowest BCUT2D eigenvalue weighted by Gasteiger charge is -2.34. The van der Waals surface area contributed by atoms with Crippen LogP contribution in [0.2, 0.25) is 0 Å². The Morgan fingerprint density at radius 1 is 1.05 bits per heavy atom. The Hall–Kier alpha value is -3.65. The van der Waals surface area contributed by atoms with Crippen LogP contribution in [-0.2, 0) is 10.0 Å². The summed E-state index contributed by atoms with van der Waals surface area (Å²) >= 11 is 0. The molecule has 0 saturated heterocycles. The van der Waals surface area contributed by atoms with Gasteiger partial charge >= 0.3 is 6.18 Å². The van der Waals surface area contributed by atoms with Gasteiger partial charge < -0.3 is 10.4 Å². The van der Waals surface area contributed by atoms with Gasteiger partial charge in [-0.25, -0.2) is 36.1 Å². The molecule has 0 aliphatic carbocycles. The summed E-state index contributed by atoms with van der Waals surface area (Å²) in [4.78, 5) is 11.9. The van der Waals surface area contributed by atoms with Crippen molar-refractivity contribution >= 4 is 26.9 Å². The summed E-state index contributed by atoms with van der Waals surface area (Å²) < 4.78 is 95.9. The molecule has 4 rings (SSSR count). The molecule has 214 valence electrons. The van der Waals surface area contributed by atoms with Crippen LogP contribution in [-0.4, -0.2) is 50.8 Å². The summed E-state index contributed by atoms with van der Waals surface area (Å²) in [6.45, 7) is 6.60. The van der Waals surface area contributed by atoms with E-state index in [0.717, 1.165) is 34.2 Å². The molecule has 0 saturated carbocycles. The molecule has 0 fully saturated rings. The van der Waals surface area contributed by atoms with E-state index in [9.17, 15) is 35.5 Å². The maximum absolute atomic E-state index is 14.8. The highest BCUT2D eigenvalue weighted by Crippen LogP contribution is 2.34. The minimum absolute atomic E-state index is 0.00751. The number of aryl methyl sites for hydroxylation is 1. The SMILES string of the molecule is Cc1ccc(S(=O)(=O)n2cc(-c3ncc(F)c(N[C@H](CC(O)C(F)(F)F)C(C)(C)C)n3)c3cc(F)cnc32)cc1. The topological polar surface area (TPSA) is 110 Å². The van der Waals surface area contributed by atoms with Gasteiger partial charge in [-0.05, 0) is 30.5 Å². The number of rotatable bonds is 7. The predicted octanol–water partition coefficient (Wildman–Crippen LogP) is 5.46. The third-order valence-corrected chi connectivity index (χ3v) is 8.00. The van der Waals surface area contributed by atoms with E-state index >= 15 is 0 Å². The Morgan fingerprint density at radius 2 is 1.70 bits per heavy atom. The van der Waals surface area contributed by atoms with Crippen LogP contribution in [0.25, 0.3) is 22.4 Å². The van der Waals surface area contributed by atoms with Crippen molar-refractivity contribution in [3.8, 4) is 11.4 Å². The second-order valence-corrected chi connectivity index (χ2v) is 12.2. The second-order valence-electron chi connectivity index (χ2n) is 10.4. The van der Waals surface area contributed by atoms with Crippen molar-refractivity contribution in [3.63, 3.8) is 0 Å². The van der Waals surface area contributed by atoms with Gasteiger partial charge in [0.1, 0.15) is 5.82 Å². The molecule has 40 heavy (non-hydrogen) atoms. The Balaban J connectivity index is 1.82. The molecule has 0 aliphatic heterocycles. The molecule has 14 heteroatoms. The predicted molar refractivity (Wildman–Crippen MR) is 138 cm³/mol. The Labute approximate surface area is 227 Å². The third-order valence-electron chi connectivity index (χ3n) is 6.33. The van der Waals surface area contributed by atoms with Gasteiger partial charge in [-0.1, -0.05) is 38.5 Å². The molecule has 0 bridgehead atoms. The molecule has 2 atom stereocenters. The molecule has 0 spiro atoms. The number of aliphatic hydroxyl groups excluding tert-OH is 1. The van der Waals surface area contributed by atoms with Crippen molar-refractivity contribution in [2.75, 3.05) is 5.32 Å². The summed E-state index contributed by atoms with van der Waals surface area (Å²) in [7, 11) is -4.21. The van der Waals surface area contributed by atoms with E-state index in [4.69, 9.17) is 0 Å². The average Bonchev–Trinajstić information content (AvgIpc) is 3.23. The Morgan fingerprint density at radius 3 is 2.30 bits per heavy atom. The van der Waals surface area contributed by atoms with E-state index in [-0.39, 0.29) is 27.3 Å². The van der Waals surface area contributed by atoms with Gasteiger partial charge in [0.05, 0.1) is 17.3 Å². The number of fused-ring (bicyclic) bond motifs is 1. The molecular weight excluding hydrogens is 557 g/mol. The van der Waals surface area contributed by atoms with E-state index in [2.05, 4.69) is 20.3 Å². The molecule has 3 heterocycles. The van der Waals surface area contributed by atoms with Crippen LogP contribution in [0.1, 0.15) is 32.8 Å². The van der Waals surface area contributed by atoms with Crippen LogP contribution in [0, 0.1) is 24.0 Å². The summed E-state index contributed by atoms with van der Waals surface area (Å²) in [5.41, 5.74) is -0.202. The molecule has 1 unspecified atom stereocenters. The molecule has 1 aromatic carbocycles. The normalized spacial score (nSPS) is 14.3. The van der Waals surface area contributed by atoms with Crippen LogP contribution >= 0.6 is 0 Å². The first-order valence-corrected chi connectivity index (χ1v) is 13.5. The van der Waals surface area contributed by atoms with Gasteiger partial charge in [0, 0.05) is 29.6 Å². The molecule has 0 radical (unpaired) electrons. The lowest BCUT2D eigenvalue weighted by atomic mass is 9.83. The highest BCUT2D eigenvalue weighted by atomic mass is 32.2. The van der Waals surface area contributed by atoms with Crippen molar-refractivity contribution in [3.05, 3.63) is 66.1 Å². The van der Waals surface area contributed by atoms with Gasteiger partial charge in [-0.2, -0.15) is 13.2 Å². The summed E-state index contributed by atoms with van der Waals surface area (Å²) in [5.74, 6) is -2.50. The van der Waals surface area contributed by atoms with Gasteiger partial charge in [-0.3, -0.25) is 0 Å². The van der Waals surface area contributed by atoms with Crippen LogP contribution in [0.3, 0.4) is 0 Å². The number of aliphatic hydroxyl groups is 1. The first kappa shape index (κ1) is 29.3. The zero-order valence-electron chi connectivity index (χ0n) is 21.8. The van der Waals surface area contributed by atoms with Gasteiger partial charge in [-0.15, -0.1) is 0 Å². The lowest BCUT2D eigenvalue weighted by molar-refractivity contribution is -0.207. The maximum Gasteiger partial charge on any atom is 0.414 e. The number of aromatic nitrogens is 4. The Kier molecular flexibility index (Phi) is 7.62. The van der Waals surface area contributed by atoms with Gasteiger partial charge in [0.15, 0.2) is 29.2 Å². The van der Waals surface area contributed by atoms with Crippen molar-refractivity contribution in [2.45, 2.75) is 57.3 Å². The van der Waals surface area contributed by atoms with Crippen LogP contribution in [0.15, 0.2) is 53.8 Å². The van der Waals surface area contributed by atoms with Crippen molar-refractivity contribution < 1.29 is 35.5 Å². The monoisotopic (exact) mass is 583 g/mol. The minimum atomic E-state index is -4.89. The number of nitrogens with zero attached hydrogens (tertiary/aromatic N) is 4. The third kappa shape index (κ3) is 5.92. The zero-order valence-corrected chi connectivity index (χ0v) is 22.6. The summed E-state index contributed by atoms with van der Waals surface area (Å²) in [6.07, 6.45) is -5.64. The first-order chi connectivity index (χ1) is 18.5. The van der Waals surface area contributed by atoms with Gasteiger partial charge in [0.25, 0.3) is 10.0 Å². The van der Waals surface area contributed by atoms with Gasteiger partial charge in [0.2, 0.25) is 0 Å². The number of anilines is 1. The largest absolute Gasteiger partial charge is 0.414 e. The minimum Gasteiger partial charge on any atom is -0.384 e. The number of hydrogen-bond acceptors (Lipinski definition) is 7. The second kappa shape index (κ2) is 10.4. The van der Waals surface area contributed by atoms with E-state index in [1.165, 1.54) is 12.1 Å². The van der Waals surface area contributed by atoms with E-state index in [1.54, 1.807) is 39.8 Å². The first-order valence-electron chi connectivity index (χ1n) is 12.0. The summed E-state index contributed by atoms with van der Waals surface area (Å²) in [6, 6.07) is 5.94. The van der Waals surface area contributed by atoms with Crippen LogP contribution in [0.5, 0.6) is 0 Å². The van der Waals surface area contributed by atoms with E-state index in [1.807, 2.05) is 0 Å². The number of halogens is 5. The highest BCUT2D eigenvalue weighted by Gasteiger charge is 2.42. The fourth-order valence-corrected chi connectivity index (χ4v) is 5.31. The van der Waals surface area contributed by atoms with E-state index < -0.39 is 57.6 Å². The highest BCUT2D eigenvalue weighted by molar-refractivity contribution is 7.90. The molecule has 8 nitrogen and oxygen atoms in total. The van der Waals surface area contributed by atoms with Crippen molar-refractivity contribution in [1.29, 1.82) is 0 Å². The maximum atomic E-state index is 14.8.